The number of carbonyl (C=O) groups is 2. The average Bonchev–Trinajstić information content (AvgIpc) is 2.42. The molecule has 0 saturated heterocycles. The third-order valence-corrected chi connectivity index (χ3v) is 3.31. The fourth-order valence-electron chi connectivity index (χ4n) is 1.94. The molecule has 0 aliphatic rings. The van der Waals surface area contributed by atoms with Crippen molar-refractivity contribution in [2.24, 2.45) is 5.92 Å². The minimum absolute atomic E-state index is 0.134. The monoisotopic (exact) mass is 307 g/mol. The summed E-state index contributed by atoms with van der Waals surface area (Å²) >= 11 is 0. The van der Waals surface area contributed by atoms with Crippen LogP contribution in [0.25, 0.3) is 0 Å². The molecule has 0 spiro atoms. The molecule has 2 N–H and O–H groups in total. The smallest absolute Gasteiger partial charge is 0.326 e. The van der Waals surface area contributed by atoms with Crippen molar-refractivity contribution in [3.63, 3.8) is 0 Å². The van der Waals surface area contributed by atoms with Gasteiger partial charge in [-0.3, -0.25) is 4.79 Å². The molecule has 1 aromatic rings. The normalized spacial score (nSPS) is 14.0. The quantitative estimate of drug-likeness (QED) is 0.847. The lowest BCUT2D eigenvalue weighted by Gasteiger charge is -2.22. The number of carbonyl (C=O) groups excluding carboxylic acids is 1. The molecule has 0 radical (unpaired) electrons. The first-order chi connectivity index (χ1) is 10.1. The molecule has 1 amide bonds. The maximum atomic E-state index is 12.2. The van der Waals surface area contributed by atoms with E-state index in [1.807, 2.05) is 27.7 Å². The van der Waals surface area contributed by atoms with Gasteiger partial charge >= 0.3 is 5.97 Å². The first kappa shape index (κ1) is 18.0. The summed E-state index contributed by atoms with van der Waals surface area (Å²) in [6.45, 7) is 9.52. The Morgan fingerprint density at radius 2 is 1.77 bits per heavy atom. The zero-order chi connectivity index (χ0) is 16.9. The fraction of sp³-hybridized carbons (Fsp3) is 0.529. The molecule has 2 atom stereocenters. The number of carboxylic acids is 1. The number of ether oxygens (including phenoxy) is 1. The van der Waals surface area contributed by atoms with E-state index in [9.17, 15) is 14.7 Å². The van der Waals surface area contributed by atoms with Crippen molar-refractivity contribution in [2.45, 2.75) is 52.7 Å². The standard InChI is InChI=1S/C17H25NO4/c1-6-11(2)14(16(20)21)18-15(19)12-7-9-13(10-8-12)22-17(3,4)5/h7-11,14H,6H2,1-5H3,(H,18,19)(H,20,21)/t11-,14-/m0/s1. The molecule has 0 aliphatic carbocycles. The summed E-state index contributed by atoms with van der Waals surface area (Å²) in [7, 11) is 0. The van der Waals surface area contributed by atoms with E-state index < -0.39 is 17.9 Å². The number of hydrogen-bond acceptors (Lipinski definition) is 3. The zero-order valence-corrected chi connectivity index (χ0v) is 13.8. The molecule has 0 bridgehead atoms. The first-order valence-electron chi connectivity index (χ1n) is 7.46. The van der Waals surface area contributed by atoms with E-state index >= 15 is 0 Å². The van der Waals surface area contributed by atoms with Crippen LogP contribution in [-0.2, 0) is 4.79 Å². The van der Waals surface area contributed by atoms with Gasteiger partial charge in [0.1, 0.15) is 17.4 Å². The van der Waals surface area contributed by atoms with Crippen molar-refractivity contribution in [1.29, 1.82) is 0 Å². The Morgan fingerprint density at radius 3 is 2.18 bits per heavy atom. The van der Waals surface area contributed by atoms with Crippen LogP contribution in [0, 0.1) is 5.92 Å². The third kappa shape index (κ3) is 5.39. The number of hydrogen-bond donors (Lipinski definition) is 2. The lowest BCUT2D eigenvalue weighted by Crippen LogP contribution is -2.45. The van der Waals surface area contributed by atoms with E-state index in [1.54, 1.807) is 31.2 Å². The Labute approximate surface area is 131 Å². The lowest BCUT2D eigenvalue weighted by molar-refractivity contribution is -0.140. The van der Waals surface area contributed by atoms with Crippen LogP contribution in [0.5, 0.6) is 5.75 Å². The van der Waals surface area contributed by atoms with Crippen molar-refractivity contribution < 1.29 is 19.4 Å². The number of carboxylic acid groups (broad SMARTS) is 1. The van der Waals surface area contributed by atoms with Crippen molar-refractivity contribution in [3.05, 3.63) is 29.8 Å². The Morgan fingerprint density at radius 1 is 1.23 bits per heavy atom. The van der Waals surface area contributed by atoms with Gasteiger partial charge in [0, 0.05) is 5.56 Å². The van der Waals surface area contributed by atoms with Gasteiger partial charge in [-0.15, -0.1) is 0 Å². The predicted octanol–water partition coefficient (Wildman–Crippen LogP) is 3.09. The maximum absolute atomic E-state index is 12.2. The van der Waals surface area contributed by atoms with Gasteiger partial charge in [-0.1, -0.05) is 20.3 Å². The summed E-state index contributed by atoms with van der Waals surface area (Å²) in [5.74, 6) is -0.879. The molecule has 22 heavy (non-hydrogen) atoms. The van der Waals surface area contributed by atoms with Crippen molar-refractivity contribution in [1.82, 2.24) is 5.32 Å². The molecule has 1 rings (SSSR count). The summed E-state index contributed by atoms with van der Waals surface area (Å²) in [5.41, 5.74) is 0.102. The minimum Gasteiger partial charge on any atom is -0.488 e. The van der Waals surface area contributed by atoms with Gasteiger partial charge in [0.25, 0.3) is 5.91 Å². The van der Waals surface area contributed by atoms with Gasteiger partial charge in [0.2, 0.25) is 0 Å². The van der Waals surface area contributed by atoms with Crippen molar-refractivity contribution in [3.8, 4) is 5.75 Å². The molecule has 0 unspecified atom stereocenters. The first-order valence-corrected chi connectivity index (χ1v) is 7.46. The Balaban J connectivity index is 2.79. The molecule has 0 aromatic heterocycles. The summed E-state index contributed by atoms with van der Waals surface area (Å²) in [4.78, 5) is 23.4. The summed E-state index contributed by atoms with van der Waals surface area (Å²) in [6.07, 6.45) is 0.676. The van der Waals surface area contributed by atoms with Gasteiger partial charge < -0.3 is 15.2 Å². The zero-order valence-electron chi connectivity index (χ0n) is 13.8. The number of rotatable bonds is 6. The van der Waals surface area contributed by atoms with E-state index in [1.165, 1.54) is 0 Å². The second-order valence-corrected chi connectivity index (χ2v) is 6.41. The Hall–Kier alpha value is -2.04. The highest BCUT2D eigenvalue weighted by molar-refractivity contribution is 5.96. The fourth-order valence-corrected chi connectivity index (χ4v) is 1.94. The molecule has 1 aromatic carbocycles. The van der Waals surface area contributed by atoms with E-state index in [-0.39, 0.29) is 11.5 Å². The van der Waals surface area contributed by atoms with Crippen LogP contribution in [0.15, 0.2) is 24.3 Å². The van der Waals surface area contributed by atoms with Gasteiger partial charge in [-0.25, -0.2) is 4.79 Å². The van der Waals surface area contributed by atoms with Crippen LogP contribution in [0.1, 0.15) is 51.4 Å². The second-order valence-electron chi connectivity index (χ2n) is 6.41. The molecule has 5 heteroatoms. The summed E-state index contributed by atoms with van der Waals surface area (Å²) in [5, 5.41) is 11.8. The van der Waals surface area contributed by atoms with Crippen LogP contribution in [-0.4, -0.2) is 28.6 Å². The van der Waals surface area contributed by atoms with Gasteiger partial charge in [-0.2, -0.15) is 0 Å². The number of aliphatic carboxylic acids is 1. The van der Waals surface area contributed by atoms with E-state index in [4.69, 9.17) is 4.74 Å². The number of nitrogens with one attached hydrogen (secondary N) is 1. The maximum Gasteiger partial charge on any atom is 0.326 e. The minimum atomic E-state index is -1.02. The van der Waals surface area contributed by atoms with Crippen LogP contribution < -0.4 is 10.1 Å². The molecule has 0 aliphatic heterocycles. The average molecular weight is 307 g/mol. The topological polar surface area (TPSA) is 75.6 Å². The van der Waals surface area contributed by atoms with Gasteiger partial charge in [0.15, 0.2) is 0 Å². The molecular formula is C17H25NO4. The van der Waals surface area contributed by atoms with Crippen molar-refractivity contribution >= 4 is 11.9 Å². The number of amides is 1. The van der Waals surface area contributed by atoms with E-state index in [0.29, 0.717) is 17.7 Å². The molecule has 0 heterocycles. The highest BCUT2D eigenvalue weighted by Crippen LogP contribution is 2.18. The van der Waals surface area contributed by atoms with Gasteiger partial charge in [0.05, 0.1) is 0 Å². The Kier molecular flexibility index (Phi) is 5.97. The molecule has 122 valence electrons. The Bertz CT molecular complexity index is 516. The van der Waals surface area contributed by atoms with E-state index in [2.05, 4.69) is 5.32 Å². The third-order valence-electron chi connectivity index (χ3n) is 3.31. The molecule has 5 nitrogen and oxygen atoms in total. The van der Waals surface area contributed by atoms with Crippen LogP contribution >= 0.6 is 0 Å². The van der Waals surface area contributed by atoms with Crippen LogP contribution in [0.4, 0.5) is 0 Å². The SMILES string of the molecule is CC[C@H](C)[C@H](NC(=O)c1ccc(OC(C)(C)C)cc1)C(=O)O. The molecule has 0 fully saturated rings. The van der Waals surface area contributed by atoms with Crippen LogP contribution in [0.3, 0.4) is 0 Å². The summed E-state index contributed by atoms with van der Waals surface area (Å²) in [6, 6.07) is 5.79. The highest BCUT2D eigenvalue weighted by Gasteiger charge is 2.25. The highest BCUT2D eigenvalue weighted by atomic mass is 16.5. The van der Waals surface area contributed by atoms with Gasteiger partial charge in [-0.05, 0) is 51.0 Å². The molecule has 0 saturated carbocycles. The molecular weight excluding hydrogens is 282 g/mol. The predicted molar refractivity (Wildman–Crippen MR) is 85.2 cm³/mol. The largest absolute Gasteiger partial charge is 0.488 e. The lowest BCUT2D eigenvalue weighted by atomic mass is 9.99. The van der Waals surface area contributed by atoms with Crippen LogP contribution in [0.2, 0.25) is 0 Å². The summed E-state index contributed by atoms with van der Waals surface area (Å²) < 4.78 is 5.69. The number of benzene rings is 1. The van der Waals surface area contributed by atoms with E-state index in [0.717, 1.165) is 0 Å². The van der Waals surface area contributed by atoms with Crippen molar-refractivity contribution in [2.75, 3.05) is 0 Å². The second kappa shape index (κ2) is 7.29.